The lowest BCUT2D eigenvalue weighted by Gasteiger charge is -2.35. The van der Waals surface area contributed by atoms with E-state index in [0.29, 0.717) is 12.2 Å². The van der Waals surface area contributed by atoms with Gasteiger partial charge in [0.25, 0.3) is 11.8 Å². The third-order valence-corrected chi connectivity index (χ3v) is 4.98. The molecule has 2 bridgehead atoms. The van der Waals surface area contributed by atoms with Crippen molar-refractivity contribution in [2.45, 2.75) is 47.1 Å². The summed E-state index contributed by atoms with van der Waals surface area (Å²) in [5.41, 5.74) is 1.28. The van der Waals surface area contributed by atoms with Crippen LogP contribution in [0.5, 0.6) is 0 Å². The molecule has 9 nitrogen and oxygen atoms in total. The van der Waals surface area contributed by atoms with Crippen molar-refractivity contribution in [2.24, 2.45) is 4.99 Å². The van der Waals surface area contributed by atoms with Crippen molar-refractivity contribution >= 4 is 23.9 Å². The summed E-state index contributed by atoms with van der Waals surface area (Å²) in [6, 6.07) is 6.10. The van der Waals surface area contributed by atoms with Crippen LogP contribution in [-0.2, 0) is 25.5 Å². The number of allylic oxidation sites excluding steroid dienone is 1. The zero-order chi connectivity index (χ0) is 27.3. The SMILES string of the molecule is CC.CCNC(C)=O.CNC(=O)/C1=C(\O)CN=C/C(Cc2ccc(F)cc2)=C2\CN(CC(C)O2)C1=O. The predicted molar refractivity (Wildman–Crippen MR) is 137 cm³/mol. The van der Waals surface area contributed by atoms with Crippen LogP contribution in [0.2, 0.25) is 0 Å². The number of aliphatic hydroxyl groups excluding tert-OH is 1. The molecule has 198 valence electrons. The number of likely N-dealkylation sites (N-methyl/N-ethyl adjacent to an activating group) is 1. The highest BCUT2D eigenvalue weighted by atomic mass is 19.1. The largest absolute Gasteiger partial charge is 0.509 e. The number of nitrogens with one attached hydrogen (secondary N) is 2. The van der Waals surface area contributed by atoms with Crippen LogP contribution < -0.4 is 10.6 Å². The molecule has 0 spiro atoms. The lowest BCUT2D eigenvalue weighted by atomic mass is 10.0. The lowest BCUT2D eigenvalue weighted by Crippen LogP contribution is -2.47. The van der Waals surface area contributed by atoms with Crippen molar-refractivity contribution in [1.29, 1.82) is 0 Å². The number of aliphatic imine (C=N–C) groups is 1. The van der Waals surface area contributed by atoms with Gasteiger partial charge in [-0.05, 0) is 31.5 Å². The van der Waals surface area contributed by atoms with Gasteiger partial charge in [0.2, 0.25) is 5.91 Å². The number of ether oxygens (including phenoxy) is 1. The van der Waals surface area contributed by atoms with Crippen LogP contribution in [-0.4, -0.2) is 73.3 Å². The number of halogens is 1. The molecule has 0 saturated carbocycles. The summed E-state index contributed by atoms with van der Waals surface area (Å²) in [6.45, 7) is 10.2. The smallest absolute Gasteiger partial charge is 0.263 e. The third kappa shape index (κ3) is 9.16. The van der Waals surface area contributed by atoms with E-state index in [4.69, 9.17) is 4.74 Å². The maximum absolute atomic E-state index is 13.2. The van der Waals surface area contributed by atoms with Crippen LogP contribution in [0.15, 0.2) is 51.9 Å². The van der Waals surface area contributed by atoms with Gasteiger partial charge in [-0.25, -0.2) is 4.39 Å². The van der Waals surface area contributed by atoms with Gasteiger partial charge in [0.1, 0.15) is 29.0 Å². The Labute approximate surface area is 212 Å². The highest BCUT2D eigenvalue weighted by Crippen LogP contribution is 2.23. The topological polar surface area (TPSA) is 120 Å². The standard InChI is InChI=1S/C20H22FN3O4.C4H9NO.C2H6/c1-12-10-24-11-17(28-12)14(7-13-3-5-15(21)6-4-13)8-23-9-16(25)18(20(24)27)19(26)22-2;1-3-5-4(2)6;1-2/h3-6,8,12,25H,7,9-11H2,1-2H3,(H,22,26);3H2,1-2H3,(H,5,6);1-2H3/b17-14+,18-16+,23-8?;;. The maximum atomic E-state index is 13.2. The van der Waals surface area contributed by atoms with Crippen molar-refractivity contribution in [3.63, 3.8) is 0 Å². The summed E-state index contributed by atoms with van der Waals surface area (Å²) in [5, 5.41) is 15.3. The highest BCUT2D eigenvalue weighted by molar-refractivity contribution is 6.18. The molecule has 1 fully saturated rings. The minimum atomic E-state index is -0.658. The Balaban J connectivity index is 0.000000710. The number of morpholine rings is 1. The Kier molecular flexibility index (Phi) is 12.9. The predicted octanol–water partition coefficient (Wildman–Crippen LogP) is 2.68. The first kappa shape index (κ1) is 30.3. The van der Waals surface area contributed by atoms with E-state index in [2.05, 4.69) is 15.6 Å². The van der Waals surface area contributed by atoms with Crippen LogP contribution in [0, 0.1) is 5.82 Å². The third-order valence-electron chi connectivity index (χ3n) is 4.98. The van der Waals surface area contributed by atoms with E-state index in [9.17, 15) is 23.9 Å². The molecule has 2 aliphatic rings. The summed E-state index contributed by atoms with van der Waals surface area (Å²) in [7, 11) is 1.39. The molecule has 1 atom stereocenters. The molecule has 36 heavy (non-hydrogen) atoms. The number of hydrogen-bond donors (Lipinski definition) is 3. The number of amides is 3. The van der Waals surface area contributed by atoms with E-state index in [1.54, 1.807) is 18.3 Å². The molecule has 0 aliphatic carbocycles. The molecule has 3 rings (SSSR count). The van der Waals surface area contributed by atoms with Crippen LogP contribution in [0.4, 0.5) is 4.39 Å². The second-order valence-electron chi connectivity index (χ2n) is 7.82. The maximum Gasteiger partial charge on any atom is 0.263 e. The summed E-state index contributed by atoms with van der Waals surface area (Å²) in [5.74, 6) is -1.33. The number of hydrogen-bond acceptors (Lipinski definition) is 6. The molecule has 3 amide bonds. The van der Waals surface area contributed by atoms with Gasteiger partial charge in [-0.3, -0.25) is 19.4 Å². The summed E-state index contributed by atoms with van der Waals surface area (Å²) < 4.78 is 19.1. The Morgan fingerprint density at radius 3 is 2.42 bits per heavy atom. The fraction of sp³-hybridized carbons (Fsp3) is 0.462. The summed E-state index contributed by atoms with van der Waals surface area (Å²) in [4.78, 5) is 40.6. The fourth-order valence-corrected chi connectivity index (χ4v) is 3.44. The molecule has 1 unspecified atom stereocenters. The average molecular weight is 505 g/mol. The van der Waals surface area contributed by atoms with E-state index >= 15 is 0 Å². The second-order valence-corrected chi connectivity index (χ2v) is 7.82. The number of carbonyl (C=O) groups is 3. The summed E-state index contributed by atoms with van der Waals surface area (Å²) >= 11 is 0. The Bertz CT molecular complexity index is 1000. The van der Waals surface area contributed by atoms with Gasteiger partial charge < -0.3 is 25.4 Å². The normalized spacial score (nSPS) is 21.1. The van der Waals surface area contributed by atoms with Crippen LogP contribution in [0.3, 0.4) is 0 Å². The van der Waals surface area contributed by atoms with Gasteiger partial charge in [-0.2, -0.15) is 0 Å². The number of carbonyl (C=O) groups excluding carboxylic acids is 3. The first-order valence-electron chi connectivity index (χ1n) is 12.0. The average Bonchev–Trinajstić information content (AvgIpc) is 2.85. The number of aliphatic hydroxyl groups is 1. The molecule has 0 radical (unpaired) electrons. The zero-order valence-corrected chi connectivity index (χ0v) is 21.9. The second kappa shape index (κ2) is 15.3. The Morgan fingerprint density at radius 2 is 1.89 bits per heavy atom. The van der Waals surface area contributed by atoms with Crippen LogP contribution >= 0.6 is 0 Å². The zero-order valence-electron chi connectivity index (χ0n) is 21.9. The number of nitrogens with zero attached hydrogens (tertiary/aromatic N) is 2. The highest BCUT2D eigenvalue weighted by Gasteiger charge is 2.33. The first-order valence-corrected chi connectivity index (χ1v) is 12.0. The Morgan fingerprint density at radius 1 is 1.25 bits per heavy atom. The van der Waals surface area contributed by atoms with Gasteiger partial charge in [-0.1, -0.05) is 26.0 Å². The van der Waals surface area contributed by atoms with Gasteiger partial charge in [0.15, 0.2) is 0 Å². The van der Waals surface area contributed by atoms with Crippen molar-refractivity contribution < 1.29 is 28.6 Å². The van der Waals surface area contributed by atoms with E-state index in [1.165, 1.54) is 31.0 Å². The van der Waals surface area contributed by atoms with E-state index < -0.39 is 11.8 Å². The van der Waals surface area contributed by atoms with Crippen LogP contribution in [0.1, 0.15) is 40.2 Å². The monoisotopic (exact) mass is 504 g/mol. The van der Waals surface area contributed by atoms with Crippen molar-refractivity contribution in [2.75, 3.05) is 33.2 Å². The molecular weight excluding hydrogens is 467 g/mol. The van der Waals surface area contributed by atoms with Crippen molar-refractivity contribution in [1.82, 2.24) is 15.5 Å². The van der Waals surface area contributed by atoms with Crippen LogP contribution in [0.25, 0.3) is 0 Å². The molecule has 1 saturated heterocycles. The summed E-state index contributed by atoms with van der Waals surface area (Å²) in [6.07, 6.45) is 1.71. The van der Waals surface area contributed by atoms with Crippen molar-refractivity contribution in [3.8, 4) is 0 Å². The molecule has 2 aliphatic heterocycles. The van der Waals surface area contributed by atoms with E-state index in [0.717, 1.165) is 17.7 Å². The van der Waals surface area contributed by atoms with E-state index in [-0.39, 0.29) is 48.8 Å². The molecule has 3 N–H and O–H groups in total. The van der Waals surface area contributed by atoms with Gasteiger partial charge in [0.05, 0.1) is 19.6 Å². The molecule has 0 aromatic heterocycles. The fourth-order valence-electron chi connectivity index (χ4n) is 3.44. The van der Waals surface area contributed by atoms with Gasteiger partial charge in [0, 0.05) is 38.7 Å². The molecule has 1 aromatic carbocycles. The number of benzene rings is 1. The Hall–Kier alpha value is -3.69. The van der Waals surface area contributed by atoms with Gasteiger partial charge in [-0.15, -0.1) is 0 Å². The quantitative estimate of drug-likeness (QED) is 0.545. The minimum Gasteiger partial charge on any atom is -0.509 e. The van der Waals surface area contributed by atoms with Crippen molar-refractivity contribution in [3.05, 3.63) is 58.3 Å². The molecule has 1 aromatic rings. The molecule has 2 heterocycles. The first-order chi connectivity index (χ1) is 17.2. The molecular formula is C26H37FN4O5. The number of rotatable bonds is 4. The van der Waals surface area contributed by atoms with Gasteiger partial charge >= 0.3 is 0 Å². The lowest BCUT2D eigenvalue weighted by molar-refractivity contribution is -0.134. The van der Waals surface area contributed by atoms with E-state index in [1.807, 2.05) is 27.7 Å². The minimum absolute atomic E-state index is 0.0394. The number of fused-ring (bicyclic) bond motifs is 2. The molecule has 10 heteroatoms.